The number of benzene rings is 2. The minimum Gasteiger partial charge on any atom is -0.472 e. The number of carbonyl (C=O) groups excluding carboxylic acids is 1. The number of fused-ring (bicyclic) bond motifs is 3. The van der Waals surface area contributed by atoms with E-state index >= 15 is 0 Å². The third-order valence-corrected chi connectivity index (χ3v) is 6.39. The zero-order valence-corrected chi connectivity index (χ0v) is 23.2. The van der Waals surface area contributed by atoms with Crippen molar-refractivity contribution in [2.75, 3.05) is 26.9 Å². The van der Waals surface area contributed by atoms with E-state index < -0.39 is 18.1 Å². The molecule has 0 fully saturated rings. The van der Waals surface area contributed by atoms with Gasteiger partial charge in [0.05, 0.1) is 29.8 Å². The average Bonchev–Trinajstić information content (AvgIpc) is 2.94. The van der Waals surface area contributed by atoms with Gasteiger partial charge in [-0.05, 0) is 62.2 Å². The summed E-state index contributed by atoms with van der Waals surface area (Å²) in [7, 11) is 1.33. The largest absolute Gasteiger partial charge is 0.573 e. The second-order valence-corrected chi connectivity index (χ2v) is 9.67. The minimum absolute atomic E-state index is 0.0964. The first-order valence-corrected chi connectivity index (χ1v) is 13.3. The van der Waals surface area contributed by atoms with Crippen molar-refractivity contribution in [2.45, 2.75) is 38.8 Å². The quantitative estimate of drug-likeness (QED) is 0.107. The van der Waals surface area contributed by atoms with Crippen molar-refractivity contribution in [3.63, 3.8) is 0 Å². The highest BCUT2D eigenvalue weighted by Crippen LogP contribution is 2.32. The van der Waals surface area contributed by atoms with Crippen molar-refractivity contribution in [2.24, 2.45) is 0 Å². The van der Waals surface area contributed by atoms with Gasteiger partial charge in [0, 0.05) is 41.7 Å². The van der Waals surface area contributed by atoms with Crippen LogP contribution >= 0.6 is 11.6 Å². The van der Waals surface area contributed by atoms with Crippen LogP contribution < -0.4 is 14.8 Å². The summed E-state index contributed by atoms with van der Waals surface area (Å²) in [5.41, 5.74) is 1.74. The van der Waals surface area contributed by atoms with E-state index in [0.717, 1.165) is 34.6 Å². The predicted molar refractivity (Wildman–Crippen MR) is 148 cm³/mol. The standard InChI is InChI=1S/C29H29ClF3N3O5/c1-18(17-39-12-4-3-10-34-15-19-5-8-26(24(30)13-19)41-29(31,32)33)40-27-22-9-11-35-16-23(22)21-7-6-20(28(37)38-2)14-25(21)36-27/h5-9,11,13-14,16,18,34H,3-4,10,12,15,17H2,1-2H3. The lowest BCUT2D eigenvalue weighted by Crippen LogP contribution is -2.21. The summed E-state index contributed by atoms with van der Waals surface area (Å²) < 4.78 is 57.7. The number of halogens is 4. The highest BCUT2D eigenvalue weighted by atomic mass is 35.5. The Morgan fingerprint density at radius 1 is 1.07 bits per heavy atom. The van der Waals surface area contributed by atoms with E-state index in [2.05, 4.69) is 20.0 Å². The van der Waals surface area contributed by atoms with Gasteiger partial charge in [0.2, 0.25) is 5.88 Å². The Kier molecular flexibility index (Phi) is 10.2. The first-order valence-electron chi connectivity index (χ1n) is 12.9. The van der Waals surface area contributed by atoms with E-state index in [4.69, 9.17) is 25.8 Å². The third kappa shape index (κ3) is 8.42. The maximum Gasteiger partial charge on any atom is 0.573 e. The fourth-order valence-electron chi connectivity index (χ4n) is 4.17. The van der Waals surface area contributed by atoms with Crippen molar-refractivity contribution < 1.29 is 36.9 Å². The maximum absolute atomic E-state index is 12.4. The molecular weight excluding hydrogens is 563 g/mol. The molecule has 4 rings (SSSR count). The third-order valence-electron chi connectivity index (χ3n) is 6.09. The van der Waals surface area contributed by atoms with Gasteiger partial charge in [-0.25, -0.2) is 9.78 Å². The van der Waals surface area contributed by atoms with E-state index in [-0.39, 0.29) is 11.1 Å². The molecule has 0 aliphatic rings. The van der Waals surface area contributed by atoms with E-state index in [9.17, 15) is 18.0 Å². The molecule has 0 spiro atoms. The van der Waals surface area contributed by atoms with Crippen LogP contribution in [0.15, 0.2) is 54.9 Å². The van der Waals surface area contributed by atoms with Gasteiger partial charge >= 0.3 is 12.3 Å². The van der Waals surface area contributed by atoms with Crippen molar-refractivity contribution in [3.05, 3.63) is 71.0 Å². The van der Waals surface area contributed by atoms with Crippen molar-refractivity contribution in [1.29, 1.82) is 0 Å². The number of aromatic nitrogens is 2. The molecule has 2 heterocycles. The molecule has 0 aliphatic carbocycles. The molecule has 4 aromatic rings. The molecular formula is C29H29ClF3N3O5. The second kappa shape index (κ2) is 13.8. The highest BCUT2D eigenvalue weighted by molar-refractivity contribution is 6.32. The number of hydrogen-bond acceptors (Lipinski definition) is 8. The minimum atomic E-state index is -4.79. The number of methoxy groups -OCH3 is 1. The SMILES string of the molecule is COC(=O)c1ccc2c(c1)nc(OC(C)COCCCCNCc1ccc(OC(F)(F)F)c(Cl)c1)c1ccncc12. The molecule has 41 heavy (non-hydrogen) atoms. The number of ether oxygens (including phenoxy) is 4. The molecule has 8 nitrogen and oxygen atoms in total. The zero-order valence-electron chi connectivity index (χ0n) is 22.5. The van der Waals surface area contributed by atoms with E-state index in [1.54, 1.807) is 24.5 Å². The molecule has 0 bridgehead atoms. The fraction of sp³-hybridized carbons (Fsp3) is 0.345. The Bertz CT molecular complexity index is 1500. The van der Waals surface area contributed by atoms with Gasteiger partial charge in [0.15, 0.2) is 0 Å². The van der Waals surface area contributed by atoms with Crippen LogP contribution in [0.5, 0.6) is 11.6 Å². The zero-order chi connectivity index (χ0) is 29.4. The van der Waals surface area contributed by atoms with Crippen LogP contribution in [0.1, 0.15) is 35.7 Å². The summed E-state index contributed by atoms with van der Waals surface area (Å²) in [6, 6.07) is 11.2. The molecule has 1 unspecified atom stereocenters. The van der Waals surface area contributed by atoms with Crippen LogP contribution in [0.25, 0.3) is 21.7 Å². The van der Waals surface area contributed by atoms with Gasteiger partial charge in [-0.1, -0.05) is 23.7 Å². The van der Waals surface area contributed by atoms with Crippen molar-refractivity contribution in [3.8, 4) is 11.6 Å². The van der Waals surface area contributed by atoms with E-state index in [0.29, 0.717) is 43.3 Å². The number of rotatable bonds is 13. The molecule has 0 radical (unpaired) electrons. The Morgan fingerprint density at radius 3 is 2.66 bits per heavy atom. The van der Waals surface area contributed by atoms with Gasteiger partial charge in [-0.15, -0.1) is 13.2 Å². The highest BCUT2D eigenvalue weighted by Gasteiger charge is 2.32. The average molecular weight is 592 g/mol. The number of carbonyl (C=O) groups is 1. The van der Waals surface area contributed by atoms with Gasteiger partial charge in [0.25, 0.3) is 0 Å². The van der Waals surface area contributed by atoms with Gasteiger partial charge < -0.3 is 24.3 Å². The smallest absolute Gasteiger partial charge is 0.472 e. The number of alkyl halides is 3. The molecule has 1 atom stereocenters. The molecule has 12 heteroatoms. The molecule has 218 valence electrons. The topological polar surface area (TPSA) is 91.8 Å². The Hall–Kier alpha value is -3.67. The second-order valence-electron chi connectivity index (χ2n) is 9.26. The number of unbranched alkanes of at least 4 members (excludes halogenated alkanes) is 1. The summed E-state index contributed by atoms with van der Waals surface area (Å²) in [6.07, 6.45) is -0.0144. The number of nitrogens with zero attached hydrogens (tertiary/aromatic N) is 2. The molecule has 0 aliphatic heterocycles. The van der Waals surface area contributed by atoms with Crippen LogP contribution in [-0.4, -0.2) is 55.3 Å². The Labute approximate surface area is 239 Å². The van der Waals surface area contributed by atoms with Crippen LogP contribution in [-0.2, 0) is 16.0 Å². The maximum atomic E-state index is 12.4. The predicted octanol–water partition coefficient (Wildman–Crippen LogP) is 6.48. The lowest BCUT2D eigenvalue weighted by molar-refractivity contribution is -0.274. The van der Waals surface area contributed by atoms with Crippen LogP contribution in [0.3, 0.4) is 0 Å². The van der Waals surface area contributed by atoms with E-state index in [1.807, 2.05) is 19.1 Å². The van der Waals surface area contributed by atoms with Crippen LogP contribution in [0.4, 0.5) is 13.2 Å². The summed E-state index contributed by atoms with van der Waals surface area (Å²) in [6.45, 7) is 3.93. The van der Waals surface area contributed by atoms with Crippen LogP contribution in [0, 0.1) is 0 Å². The lowest BCUT2D eigenvalue weighted by Gasteiger charge is -2.17. The molecule has 0 amide bonds. The molecule has 0 saturated carbocycles. The van der Waals surface area contributed by atoms with Crippen LogP contribution in [0.2, 0.25) is 5.02 Å². The number of pyridine rings is 2. The number of esters is 1. The summed E-state index contributed by atoms with van der Waals surface area (Å²) in [5.74, 6) is -0.444. The Morgan fingerprint density at radius 2 is 1.90 bits per heavy atom. The fourth-order valence-corrected chi connectivity index (χ4v) is 4.42. The van der Waals surface area contributed by atoms with Gasteiger partial charge in [0.1, 0.15) is 11.9 Å². The van der Waals surface area contributed by atoms with Crippen molar-refractivity contribution >= 4 is 39.2 Å². The summed E-state index contributed by atoms with van der Waals surface area (Å²) >= 11 is 5.88. The Balaban J connectivity index is 1.22. The number of nitrogens with one attached hydrogen (secondary N) is 1. The molecule has 1 N–H and O–H groups in total. The number of hydrogen-bond donors (Lipinski definition) is 1. The van der Waals surface area contributed by atoms with Gasteiger partial charge in [-0.2, -0.15) is 0 Å². The molecule has 2 aromatic carbocycles. The first kappa shape index (κ1) is 30.3. The lowest BCUT2D eigenvalue weighted by atomic mass is 10.1. The summed E-state index contributed by atoms with van der Waals surface area (Å²) in [5, 5.41) is 5.65. The molecule has 2 aromatic heterocycles. The normalized spacial score (nSPS) is 12.4. The monoisotopic (exact) mass is 591 g/mol. The van der Waals surface area contributed by atoms with Crippen molar-refractivity contribution in [1.82, 2.24) is 15.3 Å². The van der Waals surface area contributed by atoms with Gasteiger partial charge in [-0.3, -0.25) is 4.98 Å². The molecule has 0 saturated heterocycles. The van der Waals surface area contributed by atoms with E-state index in [1.165, 1.54) is 25.3 Å². The summed E-state index contributed by atoms with van der Waals surface area (Å²) in [4.78, 5) is 20.9. The first-order chi connectivity index (χ1) is 19.6.